The van der Waals surface area contributed by atoms with Gasteiger partial charge in [0.1, 0.15) is 6.04 Å². The third-order valence-electron chi connectivity index (χ3n) is 4.44. The maximum Gasteiger partial charge on any atom is 0.329 e. The molecule has 0 aromatic rings. The van der Waals surface area contributed by atoms with Crippen molar-refractivity contribution in [3.63, 3.8) is 0 Å². The minimum Gasteiger partial charge on any atom is -0.454 e. The summed E-state index contributed by atoms with van der Waals surface area (Å²) in [6.07, 6.45) is 4.68. The highest BCUT2D eigenvalue weighted by Crippen LogP contribution is 2.36. The Morgan fingerprint density at radius 3 is 2.23 bits per heavy atom. The SMILES string of the molecule is CCNC(=O)CNC(=O)COC(=O)[C@H](C)N1C(=O)[C@H]2CC=CC[C@@H]2C1=O. The number of carbonyl (C=O) groups is 5. The predicted molar refractivity (Wildman–Crippen MR) is 89.3 cm³/mol. The lowest BCUT2D eigenvalue weighted by atomic mass is 9.85. The number of hydrogen-bond acceptors (Lipinski definition) is 6. The van der Waals surface area contributed by atoms with Gasteiger partial charge < -0.3 is 15.4 Å². The van der Waals surface area contributed by atoms with Gasteiger partial charge in [-0.15, -0.1) is 0 Å². The van der Waals surface area contributed by atoms with E-state index in [1.165, 1.54) is 6.92 Å². The normalized spacial score (nSPS) is 22.6. The summed E-state index contributed by atoms with van der Waals surface area (Å²) in [6, 6.07) is -1.10. The monoisotopic (exact) mass is 365 g/mol. The molecule has 1 saturated heterocycles. The molecule has 2 aliphatic rings. The molecule has 4 amide bonds. The number of hydrogen-bond donors (Lipinski definition) is 2. The first-order valence-corrected chi connectivity index (χ1v) is 8.58. The Morgan fingerprint density at radius 1 is 1.12 bits per heavy atom. The van der Waals surface area contributed by atoms with Gasteiger partial charge in [0.15, 0.2) is 6.61 Å². The van der Waals surface area contributed by atoms with Crippen LogP contribution < -0.4 is 10.6 Å². The van der Waals surface area contributed by atoms with Crippen molar-refractivity contribution < 1.29 is 28.7 Å². The van der Waals surface area contributed by atoms with Crippen molar-refractivity contribution in [1.82, 2.24) is 15.5 Å². The second kappa shape index (κ2) is 8.59. The molecule has 1 aliphatic heterocycles. The summed E-state index contributed by atoms with van der Waals surface area (Å²) < 4.78 is 4.88. The van der Waals surface area contributed by atoms with Crippen molar-refractivity contribution in [2.24, 2.45) is 11.8 Å². The second-order valence-electron chi connectivity index (χ2n) is 6.22. The third kappa shape index (κ3) is 4.27. The van der Waals surface area contributed by atoms with Gasteiger partial charge in [-0.25, -0.2) is 4.79 Å². The van der Waals surface area contributed by atoms with Crippen LogP contribution in [0.25, 0.3) is 0 Å². The van der Waals surface area contributed by atoms with E-state index in [9.17, 15) is 24.0 Å². The number of allylic oxidation sites excluding steroid dienone is 2. The van der Waals surface area contributed by atoms with Crippen LogP contribution in [0, 0.1) is 11.8 Å². The summed E-state index contributed by atoms with van der Waals surface area (Å²) in [6.45, 7) is 2.77. The van der Waals surface area contributed by atoms with E-state index in [0.717, 1.165) is 4.90 Å². The van der Waals surface area contributed by atoms with Gasteiger partial charge in [-0.05, 0) is 26.7 Å². The lowest BCUT2D eigenvalue weighted by Crippen LogP contribution is -2.45. The average molecular weight is 365 g/mol. The van der Waals surface area contributed by atoms with Crippen LogP contribution in [0.4, 0.5) is 0 Å². The number of esters is 1. The number of imide groups is 1. The van der Waals surface area contributed by atoms with Crippen LogP contribution in [0.3, 0.4) is 0 Å². The fourth-order valence-electron chi connectivity index (χ4n) is 3.06. The van der Waals surface area contributed by atoms with E-state index in [1.807, 2.05) is 12.2 Å². The molecule has 142 valence electrons. The van der Waals surface area contributed by atoms with Gasteiger partial charge in [-0.1, -0.05) is 12.2 Å². The molecule has 0 unspecified atom stereocenters. The molecule has 2 rings (SSSR count). The molecule has 0 saturated carbocycles. The van der Waals surface area contributed by atoms with Gasteiger partial charge in [0.25, 0.3) is 5.91 Å². The minimum atomic E-state index is -1.10. The molecule has 1 fully saturated rings. The molecule has 1 heterocycles. The first kappa shape index (κ1) is 19.6. The van der Waals surface area contributed by atoms with Gasteiger partial charge in [-0.3, -0.25) is 24.1 Å². The van der Waals surface area contributed by atoms with E-state index in [-0.39, 0.29) is 24.3 Å². The van der Waals surface area contributed by atoms with Crippen LogP contribution in [0.2, 0.25) is 0 Å². The Labute approximate surface area is 151 Å². The van der Waals surface area contributed by atoms with Crippen molar-refractivity contribution in [3.8, 4) is 0 Å². The van der Waals surface area contributed by atoms with Gasteiger partial charge in [0.05, 0.1) is 18.4 Å². The summed E-state index contributed by atoms with van der Waals surface area (Å²) in [5, 5.41) is 4.81. The standard InChI is InChI=1S/C17H23N3O6/c1-3-18-13(21)8-19-14(22)9-26-17(25)10(2)20-15(23)11-6-4-5-7-12(11)16(20)24/h4-5,10-12H,3,6-9H2,1-2H3,(H,18,21)(H,19,22)/t10-,11-,12-/m0/s1. The van der Waals surface area contributed by atoms with E-state index in [4.69, 9.17) is 4.74 Å². The summed E-state index contributed by atoms with van der Waals surface area (Å²) in [5.41, 5.74) is 0. The predicted octanol–water partition coefficient (Wildman–Crippen LogP) is -0.878. The molecule has 3 atom stereocenters. The van der Waals surface area contributed by atoms with Crippen molar-refractivity contribution in [2.75, 3.05) is 19.7 Å². The number of amides is 4. The fourth-order valence-corrected chi connectivity index (χ4v) is 3.06. The number of carbonyl (C=O) groups excluding carboxylic acids is 5. The van der Waals surface area contributed by atoms with Crippen LogP contribution in [-0.2, 0) is 28.7 Å². The third-order valence-corrected chi connectivity index (χ3v) is 4.44. The number of nitrogens with zero attached hydrogens (tertiary/aromatic N) is 1. The van der Waals surface area contributed by atoms with Gasteiger partial charge in [0, 0.05) is 6.54 Å². The van der Waals surface area contributed by atoms with Crippen molar-refractivity contribution in [3.05, 3.63) is 12.2 Å². The number of fused-ring (bicyclic) bond motifs is 1. The maximum absolute atomic E-state index is 12.4. The maximum atomic E-state index is 12.4. The van der Waals surface area contributed by atoms with Crippen molar-refractivity contribution >= 4 is 29.6 Å². The van der Waals surface area contributed by atoms with Gasteiger partial charge >= 0.3 is 5.97 Å². The van der Waals surface area contributed by atoms with Crippen LogP contribution in [0.1, 0.15) is 26.7 Å². The van der Waals surface area contributed by atoms with E-state index < -0.39 is 36.4 Å². The molecule has 2 N–H and O–H groups in total. The van der Waals surface area contributed by atoms with E-state index in [2.05, 4.69) is 10.6 Å². The zero-order valence-corrected chi connectivity index (χ0v) is 14.8. The van der Waals surface area contributed by atoms with Crippen LogP contribution in [0.15, 0.2) is 12.2 Å². The van der Waals surface area contributed by atoms with Crippen molar-refractivity contribution in [1.29, 1.82) is 0 Å². The number of likely N-dealkylation sites (N-methyl/N-ethyl adjacent to an activating group) is 1. The summed E-state index contributed by atoms with van der Waals surface area (Å²) in [7, 11) is 0. The van der Waals surface area contributed by atoms with Crippen molar-refractivity contribution in [2.45, 2.75) is 32.7 Å². The van der Waals surface area contributed by atoms with Crippen LogP contribution >= 0.6 is 0 Å². The number of nitrogens with one attached hydrogen (secondary N) is 2. The molecular weight excluding hydrogens is 342 g/mol. The van der Waals surface area contributed by atoms with E-state index in [1.54, 1.807) is 6.92 Å². The highest BCUT2D eigenvalue weighted by Gasteiger charge is 2.50. The fraction of sp³-hybridized carbons (Fsp3) is 0.588. The first-order valence-electron chi connectivity index (χ1n) is 8.58. The summed E-state index contributed by atoms with van der Waals surface area (Å²) >= 11 is 0. The summed E-state index contributed by atoms with van der Waals surface area (Å²) in [4.78, 5) is 60.7. The number of ether oxygens (including phenoxy) is 1. The summed E-state index contributed by atoms with van der Waals surface area (Å²) in [5.74, 6) is -3.46. The molecular formula is C17H23N3O6. The molecule has 26 heavy (non-hydrogen) atoms. The van der Waals surface area contributed by atoms with Crippen LogP contribution in [0.5, 0.6) is 0 Å². The molecule has 0 radical (unpaired) electrons. The Hall–Kier alpha value is -2.71. The zero-order valence-electron chi connectivity index (χ0n) is 14.8. The smallest absolute Gasteiger partial charge is 0.329 e. The Morgan fingerprint density at radius 2 is 1.69 bits per heavy atom. The second-order valence-corrected chi connectivity index (χ2v) is 6.22. The van der Waals surface area contributed by atoms with Crippen LogP contribution in [-0.4, -0.2) is 60.2 Å². The molecule has 0 aromatic heterocycles. The largest absolute Gasteiger partial charge is 0.454 e. The average Bonchev–Trinajstić information content (AvgIpc) is 2.88. The molecule has 0 bridgehead atoms. The Balaban J connectivity index is 1.84. The molecule has 0 spiro atoms. The zero-order chi connectivity index (χ0) is 19.3. The first-order chi connectivity index (χ1) is 12.4. The molecule has 9 nitrogen and oxygen atoms in total. The Kier molecular flexibility index (Phi) is 6.48. The quantitative estimate of drug-likeness (QED) is 0.343. The van der Waals surface area contributed by atoms with Gasteiger partial charge in [0.2, 0.25) is 17.7 Å². The van der Waals surface area contributed by atoms with E-state index in [0.29, 0.717) is 19.4 Å². The van der Waals surface area contributed by atoms with Gasteiger partial charge in [-0.2, -0.15) is 0 Å². The molecule has 1 aliphatic carbocycles. The lowest BCUT2D eigenvalue weighted by Gasteiger charge is -2.21. The van der Waals surface area contributed by atoms with E-state index >= 15 is 0 Å². The molecule has 0 aromatic carbocycles. The number of rotatable bonds is 7. The molecule has 9 heteroatoms. The highest BCUT2D eigenvalue weighted by atomic mass is 16.5. The lowest BCUT2D eigenvalue weighted by molar-refractivity contribution is -0.159. The highest BCUT2D eigenvalue weighted by molar-refractivity contribution is 6.08. The topological polar surface area (TPSA) is 122 Å². The number of likely N-dealkylation sites (tertiary alicyclic amines) is 1. The minimum absolute atomic E-state index is 0.223. The Bertz CT molecular complexity index is 618.